The minimum Gasteiger partial charge on any atom is -0.396 e. The Bertz CT molecular complexity index is 165. The van der Waals surface area contributed by atoms with Gasteiger partial charge in [0.1, 0.15) is 5.78 Å². The summed E-state index contributed by atoms with van der Waals surface area (Å²) in [5.74, 6) is 0.176. The molecule has 3 unspecified atom stereocenters. The Hall–Kier alpha value is -0.410. The lowest BCUT2D eigenvalue weighted by atomic mass is 9.89. The molecule has 0 aliphatic heterocycles. The van der Waals surface area contributed by atoms with Gasteiger partial charge in [0.2, 0.25) is 0 Å². The van der Waals surface area contributed by atoms with E-state index in [1.807, 2.05) is 0 Å². The van der Waals surface area contributed by atoms with Crippen LogP contribution in [0.2, 0.25) is 0 Å². The lowest BCUT2D eigenvalue weighted by Gasteiger charge is -2.19. The van der Waals surface area contributed by atoms with Gasteiger partial charge in [0.25, 0.3) is 0 Å². The molecule has 0 heterocycles. The van der Waals surface area contributed by atoms with Crippen molar-refractivity contribution in [1.82, 2.24) is 0 Å². The molecule has 1 saturated carbocycles. The van der Waals surface area contributed by atoms with Gasteiger partial charge in [-0.3, -0.25) is 4.79 Å². The highest BCUT2D eigenvalue weighted by molar-refractivity contribution is 5.83. The Morgan fingerprint density at radius 3 is 2.83 bits per heavy atom. The van der Waals surface area contributed by atoms with Crippen molar-refractivity contribution < 1.29 is 15.0 Å². The van der Waals surface area contributed by atoms with Crippen molar-refractivity contribution in [3.8, 4) is 0 Å². The average Bonchev–Trinajstić information content (AvgIpc) is 2.34. The fourth-order valence-corrected chi connectivity index (χ4v) is 2.03. The highest BCUT2D eigenvalue weighted by Gasteiger charge is 2.36. The number of carbonyl (C=O) groups excluding carboxylic acids is 1. The van der Waals surface area contributed by atoms with Gasteiger partial charge < -0.3 is 10.2 Å². The molecule has 0 saturated heterocycles. The highest BCUT2D eigenvalue weighted by Crippen LogP contribution is 2.33. The van der Waals surface area contributed by atoms with E-state index in [0.717, 1.165) is 6.42 Å². The van der Waals surface area contributed by atoms with Crippen LogP contribution in [-0.2, 0) is 4.79 Å². The maximum Gasteiger partial charge on any atom is 0.136 e. The second kappa shape index (κ2) is 4.01. The van der Waals surface area contributed by atoms with E-state index in [9.17, 15) is 9.90 Å². The summed E-state index contributed by atoms with van der Waals surface area (Å²) in [6.45, 7) is 1.76. The molecule has 0 amide bonds. The first-order valence-electron chi connectivity index (χ1n) is 4.48. The van der Waals surface area contributed by atoms with Crippen molar-refractivity contribution in [2.75, 3.05) is 6.61 Å². The standard InChI is InChI=1S/C9H16O3/c1-6(11)7-2-3-9(12)8(7)4-5-10/h6-8,10-11H,2-5H2,1H3. The molecule has 0 aromatic heterocycles. The van der Waals surface area contributed by atoms with Crippen LogP contribution in [-0.4, -0.2) is 28.7 Å². The third kappa shape index (κ3) is 1.84. The molecular formula is C9H16O3. The van der Waals surface area contributed by atoms with Crippen LogP contribution in [0, 0.1) is 11.8 Å². The SMILES string of the molecule is CC(O)C1CCC(=O)C1CCO. The summed E-state index contributed by atoms with van der Waals surface area (Å²) in [6.07, 6.45) is 1.43. The molecule has 1 fully saturated rings. The van der Waals surface area contributed by atoms with Gasteiger partial charge >= 0.3 is 0 Å². The van der Waals surface area contributed by atoms with Gasteiger partial charge in [-0.05, 0) is 25.7 Å². The predicted octanol–water partition coefficient (Wildman–Crippen LogP) is 0.345. The molecular weight excluding hydrogens is 156 g/mol. The summed E-state index contributed by atoms with van der Waals surface area (Å²) in [4.78, 5) is 11.3. The van der Waals surface area contributed by atoms with E-state index in [-0.39, 0.29) is 24.2 Å². The molecule has 1 aliphatic rings. The predicted molar refractivity (Wildman–Crippen MR) is 44.6 cm³/mol. The summed E-state index contributed by atoms with van der Waals surface area (Å²) in [5.41, 5.74) is 0. The molecule has 3 heteroatoms. The smallest absolute Gasteiger partial charge is 0.136 e. The molecule has 0 aromatic carbocycles. The molecule has 1 aliphatic carbocycles. The lowest BCUT2D eigenvalue weighted by Crippen LogP contribution is -2.24. The molecule has 70 valence electrons. The first-order chi connectivity index (χ1) is 5.66. The van der Waals surface area contributed by atoms with Crippen LogP contribution >= 0.6 is 0 Å². The maximum absolute atomic E-state index is 11.3. The minimum absolute atomic E-state index is 0.0413. The van der Waals surface area contributed by atoms with Crippen molar-refractivity contribution in [1.29, 1.82) is 0 Å². The van der Waals surface area contributed by atoms with E-state index in [2.05, 4.69) is 0 Å². The van der Waals surface area contributed by atoms with E-state index in [1.54, 1.807) is 6.92 Å². The molecule has 3 atom stereocenters. The normalized spacial score (nSPS) is 32.4. The van der Waals surface area contributed by atoms with Gasteiger partial charge in [0, 0.05) is 18.9 Å². The van der Waals surface area contributed by atoms with Gasteiger partial charge in [0.15, 0.2) is 0 Å². The summed E-state index contributed by atoms with van der Waals surface area (Å²) in [7, 11) is 0. The molecule has 1 rings (SSSR count). The lowest BCUT2D eigenvalue weighted by molar-refractivity contribution is -0.122. The summed E-state index contributed by atoms with van der Waals surface area (Å²) in [6, 6.07) is 0. The van der Waals surface area contributed by atoms with Crippen LogP contribution in [0.4, 0.5) is 0 Å². The minimum atomic E-state index is -0.423. The van der Waals surface area contributed by atoms with Gasteiger partial charge in [-0.2, -0.15) is 0 Å². The Labute approximate surface area is 72.4 Å². The van der Waals surface area contributed by atoms with E-state index in [4.69, 9.17) is 5.11 Å². The second-order valence-corrected chi connectivity index (χ2v) is 3.53. The molecule has 0 bridgehead atoms. The number of ketones is 1. The van der Waals surface area contributed by atoms with E-state index in [0.29, 0.717) is 12.8 Å². The van der Waals surface area contributed by atoms with Gasteiger partial charge in [0.05, 0.1) is 6.10 Å². The summed E-state index contributed by atoms with van der Waals surface area (Å²) < 4.78 is 0. The van der Waals surface area contributed by atoms with E-state index in [1.165, 1.54) is 0 Å². The van der Waals surface area contributed by atoms with Crippen molar-refractivity contribution in [3.63, 3.8) is 0 Å². The Balaban J connectivity index is 2.57. The fraction of sp³-hybridized carbons (Fsp3) is 0.889. The van der Waals surface area contributed by atoms with E-state index < -0.39 is 6.10 Å². The number of aliphatic hydroxyl groups is 2. The zero-order valence-electron chi connectivity index (χ0n) is 7.36. The first kappa shape index (κ1) is 9.68. The number of hydrogen-bond donors (Lipinski definition) is 2. The monoisotopic (exact) mass is 172 g/mol. The molecule has 0 aromatic rings. The number of Topliss-reactive ketones (excluding diaryl/α,β-unsaturated/α-hetero) is 1. The topological polar surface area (TPSA) is 57.5 Å². The van der Waals surface area contributed by atoms with Crippen LogP contribution in [0.5, 0.6) is 0 Å². The number of hydrogen-bond acceptors (Lipinski definition) is 3. The molecule has 2 N–H and O–H groups in total. The van der Waals surface area contributed by atoms with Gasteiger partial charge in [-0.25, -0.2) is 0 Å². The zero-order chi connectivity index (χ0) is 9.14. The van der Waals surface area contributed by atoms with Gasteiger partial charge in [-0.1, -0.05) is 0 Å². The van der Waals surface area contributed by atoms with Crippen molar-refractivity contribution in [2.45, 2.75) is 32.3 Å². The zero-order valence-corrected chi connectivity index (χ0v) is 7.36. The van der Waals surface area contributed by atoms with Crippen molar-refractivity contribution in [3.05, 3.63) is 0 Å². The van der Waals surface area contributed by atoms with Crippen molar-refractivity contribution in [2.24, 2.45) is 11.8 Å². The highest BCUT2D eigenvalue weighted by atomic mass is 16.3. The Morgan fingerprint density at radius 2 is 2.33 bits per heavy atom. The van der Waals surface area contributed by atoms with Gasteiger partial charge in [-0.15, -0.1) is 0 Å². The molecule has 0 radical (unpaired) electrons. The van der Waals surface area contributed by atoms with E-state index >= 15 is 0 Å². The maximum atomic E-state index is 11.3. The number of rotatable bonds is 3. The quantitative estimate of drug-likeness (QED) is 0.645. The van der Waals surface area contributed by atoms with Crippen LogP contribution < -0.4 is 0 Å². The number of carbonyl (C=O) groups is 1. The average molecular weight is 172 g/mol. The van der Waals surface area contributed by atoms with Crippen LogP contribution in [0.1, 0.15) is 26.2 Å². The third-order valence-corrected chi connectivity index (χ3v) is 2.71. The van der Waals surface area contributed by atoms with Crippen LogP contribution in [0.25, 0.3) is 0 Å². The molecule has 3 nitrogen and oxygen atoms in total. The van der Waals surface area contributed by atoms with Crippen LogP contribution in [0.15, 0.2) is 0 Å². The summed E-state index contributed by atoms with van der Waals surface area (Å²) >= 11 is 0. The Kier molecular flexibility index (Phi) is 3.23. The first-order valence-corrected chi connectivity index (χ1v) is 4.48. The van der Waals surface area contributed by atoms with Crippen molar-refractivity contribution >= 4 is 5.78 Å². The van der Waals surface area contributed by atoms with Crippen LogP contribution in [0.3, 0.4) is 0 Å². The number of aliphatic hydroxyl groups excluding tert-OH is 2. The largest absolute Gasteiger partial charge is 0.396 e. The Morgan fingerprint density at radius 1 is 1.67 bits per heavy atom. The summed E-state index contributed by atoms with van der Waals surface area (Å²) in [5, 5.41) is 18.0. The second-order valence-electron chi connectivity index (χ2n) is 3.53. The third-order valence-electron chi connectivity index (χ3n) is 2.71. The molecule has 0 spiro atoms. The fourth-order valence-electron chi connectivity index (χ4n) is 2.03. The molecule has 12 heavy (non-hydrogen) atoms.